The Morgan fingerprint density at radius 1 is 1.43 bits per heavy atom. The highest BCUT2D eigenvalue weighted by Crippen LogP contribution is 2.16. The van der Waals surface area contributed by atoms with E-state index in [-0.39, 0.29) is 17.3 Å². The minimum Gasteiger partial charge on any atom is -0.497 e. The van der Waals surface area contributed by atoms with Crippen molar-refractivity contribution in [3.8, 4) is 5.75 Å². The van der Waals surface area contributed by atoms with Crippen molar-refractivity contribution in [3.63, 3.8) is 0 Å². The largest absolute Gasteiger partial charge is 0.497 e. The number of nitrogens with two attached hydrogens (primary N) is 1. The molecule has 3 N–H and O–H groups in total. The second-order valence-corrected chi connectivity index (χ2v) is 6.29. The maximum Gasteiger partial charge on any atom is 0.245 e. The molecule has 0 atom stereocenters. The molecule has 114 valence electrons. The number of nitrogens with one attached hydrogen (secondary N) is 1. The van der Waals surface area contributed by atoms with E-state index in [4.69, 9.17) is 10.5 Å². The summed E-state index contributed by atoms with van der Waals surface area (Å²) in [6, 6.07) is 7.48. The molecule has 0 radical (unpaired) electrons. The molecule has 0 saturated carbocycles. The molecule has 0 spiro atoms. The van der Waals surface area contributed by atoms with Crippen LogP contribution in [0.3, 0.4) is 0 Å². The average Bonchev–Trinajstić information content (AvgIpc) is 2.78. The van der Waals surface area contributed by atoms with Crippen molar-refractivity contribution in [3.05, 3.63) is 36.0 Å². The van der Waals surface area contributed by atoms with E-state index in [1.165, 1.54) is 10.9 Å². The number of benzene rings is 1. The highest BCUT2D eigenvalue weighted by atomic mass is 32.2. The van der Waals surface area contributed by atoms with Crippen LogP contribution in [0.25, 0.3) is 0 Å². The zero-order chi connectivity index (χ0) is 15.5. The van der Waals surface area contributed by atoms with E-state index in [0.717, 1.165) is 11.3 Å². The average molecular weight is 310 g/mol. The Kier molecular flexibility index (Phi) is 4.49. The first-order valence-corrected chi connectivity index (χ1v) is 7.82. The van der Waals surface area contributed by atoms with Gasteiger partial charge in [-0.1, -0.05) is 12.1 Å². The van der Waals surface area contributed by atoms with Gasteiger partial charge in [-0.25, -0.2) is 13.1 Å². The van der Waals surface area contributed by atoms with Crippen LogP contribution in [0, 0.1) is 0 Å². The molecular weight excluding hydrogens is 292 g/mol. The Morgan fingerprint density at radius 2 is 2.19 bits per heavy atom. The molecule has 0 aliphatic rings. The van der Waals surface area contributed by atoms with Gasteiger partial charge in [0.15, 0.2) is 5.82 Å². The van der Waals surface area contributed by atoms with Crippen molar-refractivity contribution in [2.75, 3.05) is 19.4 Å². The molecule has 8 heteroatoms. The van der Waals surface area contributed by atoms with Gasteiger partial charge in [0.05, 0.1) is 7.11 Å². The SMILES string of the molecule is COc1cccc(CCNS(=O)(=O)c2cn(C)nc2N)c1. The summed E-state index contributed by atoms with van der Waals surface area (Å²) in [5, 5.41) is 3.83. The first-order chi connectivity index (χ1) is 9.92. The molecular formula is C13H18N4O3S. The summed E-state index contributed by atoms with van der Waals surface area (Å²) in [6.07, 6.45) is 1.93. The van der Waals surface area contributed by atoms with E-state index in [0.29, 0.717) is 6.42 Å². The van der Waals surface area contributed by atoms with Gasteiger partial charge in [-0.2, -0.15) is 5.10 Å². The molecule has 0 fully saturated rings. The maximum atomic E-state index is 12.1. The number of hydrogen-bond acceptors (Lipinski definition) is 5. The fourth-order valence-electron chi connectivity index (χ4n) is 1.93. The lowest BCUT2D eigenvalue weighted by atomic mass is 10.1. The van der Waals surface area contributed by atoms with Gasteiger partial charge in [0, 0.05) is 19.8 Å². The molecule has 0 aliphatic carbocycles. The van der Waals surface area contributed by atoms with E-state index in [1.54, 1.807) is 14.2 Å². The molecule has 0 aliphatic heterocycles. The fourth-order valence-corrected chi connectivity index (χ4v) is 3.06. The molecule has 2 rings (SSSR count). The third-order valence-electron chi connectivity index (χ3n) is 2.95. The topological polar surface area (TPSA) is 99.2 Å². The Morgan fingerprint density at radius 3 is 2.81 bits per heavy atom. The predicted octanol–water partition coefficient (Wildman–Crippen LogP) is 0.532. The van der Waals surface area contributed by atoms with Crippen molar-refractivity contribution in [2.45, 2.75) is 11.3 Å². The van der Waals surface area contributed by atoms with E-state index < -0.39 is 10.0 Å². The quantitative estimate of drug-likeness (QED) is 0.811. The molecule has 1 aromatic carbocycles. The number of nitrogen functional groups attached to an aromatic ring is 1. The van der Waals surface area contributed by atoms with Gasteiger partial charge in [0.2, 0.25) is 10.0 Å². The highest BCUT2D eigenvalue weighted by molar-refractivity contribution is 7.89. The molecule has 7 nitrogen and oxygen atoms in total. The molecule has 1 heterocycles. The van der Waals surface area contributed by atoms with Crippen molar-refractivity contribution >= 4 is 15.8 Å². The van der Waals surface area contributed by atoms with Gasteiger partial charge in [0.25, 0.3) is 0 Å². The van der Waals surface area contributed by atoms with Gasteiger partial charge in [-0.3, -0.25) is 4.68 Å². The minimum absolute atomic E-state index is 0.00403. The summed E-state index contributed by atoms with van der Waals surface area (Å²) in [7, 11) is -0.439. The third-order valence-corrected chi connectivity index (χ3v) is 4.43. The lowest BCUT2D eigenvalue weighted by molar-refractivity contribution is 0.414. The standard InChI is InChI=1S/C13H18N4O3S/c1-17-9-12(13(14)16-17)21(18,19)15-7-6-10-4-3-5-11(8-10)20-2/h3-5,8-9,15H,6-7H2,1-2H3,(H2,14,16). The number of aromatic nitrogens is 2. The predicted molar refractivity (Wildman–Crippen MR) is 79.5 cm³/mol. The van der Waals surface area contributed by atoms with Gasteiger partial charge < -0.3 is 10.5 Å². The lowest BCUT2D eigenvalue weighted by Crippen LogP contribution is -2.26. The number of nitrogens with zero attached hydrogens (tertiary/aromatic N) is 2. The van der Waals surface area contributed by atoms with Crippen LogP contribution in [-0.4, -0.2) is 31.9 Å². The number of sulfonamides is 1. The summed E-state index contributed by atoms with van der Waals surface area (Å²) >= 11 is 0. The van der Waals surface area contributed by atoms with E-state index in [1.807, 2.05) is 24.3 Å². The second kappa shape index (κ2) is 6.15. The smallest absolute Gasteiger partial charge is 0.245 e. The molecule has 1 aromatic heterocycles. The number of rotatable bonds is 6. The molecule has 21 heavy (non-hydrogen) atoms. The Hall–Kier alpha value is -2.06. The van der Waals surface area contributed by atoms with Crippen molar-refractivity contribution < 1.29 is 13.2 Å². The van der Waals surface area contributed by atoms with Gasteiger partial charge in [0.1, 0.15) is 10.6 Å². The van der Waals surface area contributed by atoms with E-state index >= 15 is 0 Å². The normalized spacial score (nSPS) is 11.5. The highest BCUT2D eigenvalue weighted by Gasteiger charge is 2.19. The molecule has 2 aromatic rings. The number of hydrogen-bond donors (Lipinski definition) is 2. The van der Waals surface area contributed by atoms with Crippen molar-refractivity contribution in [1.29, 1.82) is 0 Å². The fraction of sp³-hybridized carbons (Fsp3) is 0.308. The van der Waals surface area contributed by atoms with E-state index in [9.17, 15) is 8.42 Å². The third kappa shape index (κ3) is 3.73. The summed E-state index contributed by atoms with van der Waals surface area (Å²) in [5.41, 5.74) is 6.56. The lowest BCUT2D eigenvalue weighted by Gasteiger charge is -2.07. The van der Waals surface area contributed by atoms with Crippen molar-refractivity contribution in [1.82, 2.24) is 14.5 Å². The summed E-state index contributed by atoms with van der Waals surface area (Å²) in [6.45, 7) is 0.268. The first kappa shape index (κ1) is 15.3. The van der Waals surface area contributed by atoms with Crippen LogP contribution >= 0.6 is 0 Å². The van der Waals surface area contributed by atoms with Crippen LogP contribution < -0.4 is 15.2 Å². The van der Waals surface area contributed by atoms with Crippen LogP contribution in [0.15, 0.2) is 35.4 Å². The van der Waals surface area contributed by atoms with Crippen LogP contribution in [0.5, 0.6) is 5.75 Å². The Labute approximate surface area is 123 Å². The number of ether oxygens (including phenoxy) is 1. The molecule has 0 unspecified atom stereocenters. The number of methoxy groups -OCH3 is 1. The summed E-state index contributed by atoms with van der Waals surface area (Å²) in [4.78, 5) is -0.00403. The van der Waals surface area contributed by atoms with Gasteiger partial charge in [-0.05, 0) is 24.1 Å². The summed E-state index contributed by atoms with van der Waals surface area (Å²) in [5.74, 6) is 0.734. The Balaban J connectivity index is 2.00. The second-order valence-electron chi connectivity index (χ2n) is 4.55. The van der Waals surface area contributed by atoms with Crippen molar-refractivity contribution in [2.24, 2.45) is 7.05 Å². The minimum atomic E-state index is -3.65. The molecule has 0 saturated heterocycles. The van der Waals surface area contributed by atoms with E-state index in [2.05, 4.69) is 9.82 Å². The first-order valence-electron chi connectivity index (χ1n) is 6.34. The van der Waals surface area contributed by atoms with Gasteiger partial charge >= 0.3 is 0 Å². The summed E-state index contributed by atoms with van der Waals surface area (Å²) < 4.78 is 33.2. The zero-order valence-electron chi connectivity index (χ0n) is 11.9. The maximum absolute atomic E-state index is 12.1. The zero-order valence-corrected chi connectivity index (χ0v) is 12.7. The van der Waals surface area contributed by atoms with Crippen LogP contribution in [0.1, 0.15) is 5.56 Å². The van der Waals surface area contributed by atoms with Crippen LogP contribution in [-0.2, 0) is 23.5 Å². The number of aryl methyl sites for hydroxylation is 1. The van der Waals surface area contributed by atoms with Crippen LogP contribution in [0.4, 0.5) is 5.82 Å². The Bertz CT molecular complexity index is 725. The molecule has 0 amide bonds. The van der Waals surface area contributed by atoms with Crippen LogP contribution in [0.2, 0.25) is 0 Å². The monoisotopic (exact) mass is 310 g/mol. The number of anilines is 1. The van der Waals surface area contributed by atoms with Gasteiger partial charge in [-0.15, -0.1) is 0 Å². The molecule has 0 bridgehead atoms.